The highest BCUT2D eigenvalue weighted by molar-refractivity contribution is 5.97. The molecule has 0 heterocycles. The molecule has 0 spiro atoms. The molecular weight excluding hydrogens is 410 g/mol. The fourth-order valence-corrected chi connectivity index (χ4v) is 2.41. The SMILES string of the molecule is CCCCOc1ccc(C(=O)NCC(=O)OC(C)C(=O)Nc2ccc(F)cc2F)cc1. The summed E-state index contributed by atoms with van der Waals surface area (Å²) >= 11 is 0. The Bertz CT molecular complexity index is 919. The van der Waals surface area contributed by atoms with Crippen LogP contribution in [0.2, 0.25) is 0 Å². The first-order valence-electron chi connectivity index (χ1n) is 9.76. The second kappa shape index (κ2) is 11.6. The van der Waals surface area contributed by atoms with Gasteiger partial charge in [-0.25, -0.2) is 8.78 Å². The number of hydrogen-bond donors (Lipinski definition) is 2. The van der Waals surface area contributed by atoms with Gasteiger partial charge in [0, 0.05) is 11.6 Å². The first kappa shape index (κ1) is 23.8. The molecule has 0 fully saturated rings. The number of rotatable bonds is 10. The molecule has 0 aliphatic heterocycles. The van der Waals surface area contributed by atoms with Crippen LogP contribution in [0.4, 0.5) is 14.5 Å². The molecule has 1 atom stereocenters. The molecule has 0 aliphatic rings. The number of esters is 1. The highest BCUT2D eigenvalue weighted by atomic mass is 19.1. The Morgan fingerprint density at radius 1 is 1.06 bits per heavy atom. The number of benzene rings is 2. The molecule has 2 rings (SSSR count). The summed E-state index contributed by atoms with van der Waals surface area (Å²) < 4.78 is 36.9. The van der Waals surface area contributed by atoms with Gasteiger partial charge in [0.1, 0.15) is 23.9 Å². The smallest absolute Gasteiger partial charge is 0.326 e. The minimum absolute atomic E-state index is 0.246. The number of amides is 2. The first-order valence-corrected chi connectivity index (χ1v) is 9.76. The molecule has 0 saturated carbocycles. The predicted molar refractivity (Wildman–Crippen MR) is 110 cm³/mol. The number of halogens is 2. The molecule has 7 nitrogen and oxygen atoms in total. The fourth-order valence-electron chi connectivity index (χ4n) is 2.41. The van der Waals surface area contributed by atoms with Gasteiger partial charge >= 0.3 is 5.97 Å². The zero-order chi connectivity index (χ0) is 22.8. The van der Waals surface area contributed by atoms with Crippen molar-refractivity contribution in [3.05, 3.63) is 59.7 Å². The Hall–Kier alpha value is -3.49. The molecule has 2 amide bonds. The van der Waals surface area contributed by atoms with Gasteiger partial charge < -0.3 is 20.1 Å². The maximum Gasteiger partial charge on any atom is 0.326 e. The third-order valence-corrected chi connectivity index (χ3v) is 4.14. The van der Waals surface area contributed by atoms with Crippen LogP contribution >= 0.6 is 0 Å². The monoisotopic (exact) mass is 434 g/mol. The van der Waals surface area contributed by atoms with E-state index in [1.807, 2.05) is 0 Å². The molecule has 0 aliphatic carbocycles. The molecule has 166 valence electrons. The van der Waals surface area contributed by atoms with E-state index in [1.165, 1.54) is 6.92 Å². The minimum atomic E-state index is -1.26. The van der Waals surface area contributed by atoms with E-state index in [4.69, 9.17) is 9.47 Å². The zero-order valence-corrected chi connectivity index (χ0v) is 17.2. The highest BCUT2D eigenvalue weighted by Crippen LogP contribution is 2.15. The van der Waals surface area contributed by atoms with Crippen molar-refractivity contribution in [3.63, 3.8) is 0 Å². The average molecular weight is 434 g/mol. The van der Waals surface area contributed by atoms with Crippen molar-refractivity contribution < 1.29 is 32.6 Å². The Morgan fingerprint density at radius 2 is 1.77 bits per heavy atom. The lowest BCUT2D eigenvalue weighted by atomic mass is 10.2. The summed E-state index contributed by atoms with van der Waals surface area (Å²) in [6, 6.07) is 9.09. The largest absolute Gasteiger partial charge is 0.494 e. The molecule has 0 radical (unpaired) electrons. The standard InChI is InChI=1S/C22H24F2N2O5/c1-3-4-11-30-17-8-5-15(6-9-17)22(29)25-13-20(27)31-14(2)21(28)26-19-10-7-16(23)12-18(19)24/h5-10,12,14H,3-4,11,13H2,1-2H3,(H,25,29)(H,26,28). The molecular formula is C22H24F2N2O5. The van der Waals surface area contributed by atoms with Crippen LogP contribution in [0.15, 0.2) is 42.5 Å². The van der Waals surface area contributed by atoms with Gasteiger partial charge in [-0.2, -0.15) is 0 Å². The summed E-state index contributed by atoms with van der Waals surface area (Å²) in [5.74, 6) is -3.26. The maximum absolute atomic E-state index is 13.6. The van der Waals surface area contributed by atoms with Crippen LogP contribution in [0.1, 0.15) is 37.0 Å². The lowest BCUT2D eigenvalue weighted by Gasteiger charge is -2.14. The van der Waals surface area contributed by atoms with Crippen molar-refractivity contribution in [2.75, 3.05) is 18.5 Å². The minimum Gasteiger partial charge on any atom is -0.494 e. The van der Waals surface area contributed by atoms with E-state index in [0.717, 1.165) is 25.0 Å². The second-order valence-electron chi connectivity index (χ2n) is 6.65. The Balaban J connectivity index is 1.78. The van der Waals surface area contributed by atoms with Crippen LogP contribution in [0.25, 0.3) is 0 Å². The van der Waals surface area contributed by atoms with Gasteiger partial charge in [0.15, 0.2) is 6.10 Å². The highest BCUT2D eigenvalue weighted by Gasteiger charge is 2.20. The van der Waals surface area contributed by atoms with Crippen LogP contribution in [0, 0.1) is 11.6 Å². The van der Waals surface area contributed by atoms with E-state index < -0.39 is 42.1 Å². The number of unbranched alkanes of at least 4 members (excludes halogenated alkanes) is 1. The van der Waals surface area contributed by atoms with Gasteiger partial charge in [-0.15, -0.1) is 0 Å². The van der Waals surface area contributed by atoms with E-state index in [1.54, 1.807) is 24.3 Å². The normalized spacial score (nSPS) is 11.4. The number of ether oxygens (including phenoxy) is 2. The van der Waals surface area contributed by atoms with E-state index in [-0.39, 0.29) is 5.69 Å². The lowest BCUT2D eigenvalue weighted by Crippen LogP contribution is -2.36. The van der Waals surface area contributed by atoms with E-state index >= 15 is 0 Å². The maximum atomic E-state index is 13.6. The predicted octanol–water partition coefficient (Wildman–Crippen LogP) is 3.44. The quantitative estimate of drug-likeness (QED) is 0.441. The summed E-state index contributed by atoms with van der Waals surface area (Å²) in [5.41, 5.74) is 0.0814. The second-order valence-corrected chi connectivity index (χ2v) is 6.65. The molecule has 0 bridgehead atoms. The van der Waals surface area contributed by atoms with Gasteiger partial charge in [0.05, 0.1) is 12.3 Å². The van der Waals surface area contributed by atoms with Crippen molar-refractivity contribution in [1.29, 1.82) is 0 Å². The molecule has 2 aromatic rings. The summed E-state index contributed by atoms with van der Waals surface area (Å²) in [7, 11) is 0. The molecule has 31 heavy (non-hydrogen) atoms. The van der Waals surface area contributed by atoms with Crippen LogP contribution in [-0.4, -0.2) is 37.0 Å². The number of carbonyl (C=O) groups excluding carboxylic acids is 3. The van der Waals surface area contributed by atoms with Gasteiger partial charge in [0.25, 0.3) is 11.8 Å². The number of anilines is 1. The zero-order valence-electron chi connectivity index (χ0n) is 17.2. The van der Waals surface area contributed by atoms with E-state index in [9.17, 15) is 23.2 Å². The molecule has 9 heteroatoms. The molecule has 2 aromatic carbocycles. The molecule has 2 N–H and O–H groups in total. The topological polar surface area (TPSA) is 93.7 Å². The summed E-state index contributed by atoms with van der Waals surface area (Å²) in [6.45, 7) is 3.47. The number of carbonyl (C=O) groups is 3. The van der Waals surface area contributed by atoms with Crippen molar-refractivity contribution in [2.45, 2.75) is 32.8 Å². The van der Waals surface area contributed by atoms with Crippen LogP contribution < -0.4 is 15.4 Å². The van der Waals surface area contributed by atoms with Gasteiger partial charge in [-0.1, -0.05) is 13.3 Å². The Labute approximate surface area is 178 Å². The molecule has 1 unspecified atom stereocenters. The van der Waals surface area contributed by atoms with Gasteiger partial charge in [-0.3, -0.25) is 14.4 Å². The van der Waals surface area contributed by atoms with Gasteiger partial charge in [0.2, 0.25) is 0 Å². The lowest BCUT2D eigenvalue weighted by molar-refractivity contribution is -0.152. The van der Waals surface area contributed by atoms with Crippen molar-refractivity contribution >= 4 is 23.5 Å². The van der Waals surface area contributed by atoms with Gasteiger partial charge in [-0.05, 0) is 49.7 Å². The Morgan fingerprint density at radius 3 is 2.42 bits per heavy atom. The molecule has 0 aromatic heterocycles. The molecule has 0 saturated heterocycles. The third kappa shape index (κ3) is 7.69. The van der Waals surface area contributed by atoms with Crippen LogP contribution in [0.3, 0.4) is 0 Å². The van der Waals surface area contributed by atoms with Crippen LogP contribution in [-0.2, 0) is 14.3 Å². The van der Waals surface area contributed by atoms with Crippen LogP contribution in [0.5, 0.6) is 5.75 Å². The van der Waals surface area contributed by atoms with E-state index in [2.05, 4.69) is 17.6 Å². The number of hydrogen-bond acceptors (Lipinski definition) is 5. The third-order valence-electron chi connectivity index (χ3n) is 4.14. The van der Waals surface area contributed by atoms with Crippen molar-refractivity contribution in [3.8, 4) is 5.75 Å². The average Bonchev–Trinajstić information content (AvgIpc) is 2.74. The van der Waals surface area contributed by atoms with E-state index in [0.29, 0.717) is 24.0 Å². The summed E-state index contributed by atoms with van der Waals surface area (Å²) in [6.07, 6.45) is 0.688. The first-order chi connectivity index (χ1) is 14.8. The van der Waals surface area contributed by atoms with Crippen molar-refractivity contribution in [1.82, 2.24) is 5.32 Å². The Kier molecular flexibility index (Phi) is 8.93. The number of nitrogens with one attached hydrogen (secondary N) is 2. The summed E-state index contributed by atoms with van der Waals surface area (Å²) in [4.78, 5) is 36.1. The fraction of sp³-hybridized carbons (Fsp3) is 0.318. The summed E-state index contributed by atoms with van der Waals surface area (Å²) in [5, 5.41) is 4.59. The van der Waals surface area contributed by atoms with Crippen molar-refractivity contribution in [2.24, 2.45) is 0 Å².